The van der Waals surface area contributed by atoms with Crippen LogP contribution in [-0.2, 0) is 9.59 Å². The molecular formula is C24H28N4O4. The van der Waals surface area contributed by atoms with Gasteiger partial charge in [-0.2, -0.15) is 0 Å². The van der Waals surface area contributed by atoms with Gasteiger partial charge in [0.2, 0.25) is 5.78 Å². The normalized spacial score (nSPS) is 18.4. The summed E-state index contributed by atoms with van der Waals surface area (Å²) in [4.78, 5) is 33.4. The third kappa shape index (κ3) is 3.60. The first-order valence-corrected chi connectivity index (χ1v) is 10.8. The number of furan rings is 1. The third-order valence-corrected chi connectivity index (χ3v) is 5.87. The number of aromatic nitrogens is 2. The van der Waals surface area contributed by atoms with E-state index in [2.05, 4.69) is 4.98 Å². The van der Waals surface area contributed by atoms with Crippen molar-refractivity contribution in [2.24, 2.45) is 0 Å². The Balaban J connectivity index is 1.88. The van der Waals surface area contributed by atoms with Gasteiger partial charge in [0.15, 0.2) is 0 Å². The molecule has 1 N–H and O–H groups in total. The molecule has 0 aliphatic carbocycles. The summed E-state index contributed by atoms with van der Waals surface area (Å²) in [7, 11) is 4.06. The smallest absolute Gasteiger partial charge is 0.295 e. The number of nitrogens with one attached hydrogen (secondary N) is 1. The molecule has 0 spiro atoms. The highest BCUT2D eigenvalue weighted by atomic mass is 16.3. The molecule has 8 nitrogen and oxygen atoms in total. The zero-order valence-electron chi connectivity index (χ0n) is 19.1. The van der Waals surface area contributed by atoms with Crippen LogP contribution in [0.4, 0.5) is 0 Å². The van der Waals surface area contributed by atoms with Crippen LogP contribution in [0.1, 0.15) is 40.9 Å². The Kier molecular flexibility index (Phi) is 5.64. The Morgan fingerprint density at radius 2 is 1.94 bits per heavy atom. The fourth-order valence-corrected chi connectivity index (χ4v) is 4.32. The molecule has 0 saturated carbocycles. The molecule has 32 heavy (non-hydrogen) atoms. The van der Waals surface area contributed by atoms with Gasteiger partial charge in [-0.3, -0.25) is 9.59 Å². The topological polar surface area (TPSA) is 95.3 Å². The molecule has 0 bridgehead atoms. The van der Waals surface area contributed by atoms with E-state index in [9.17, 15) is 14.7 Å². The molecule has 1 amide bonds. The van der Waals surface area contributed by atoms with Crippen LogP contribution in [0.25, 0.3) is 11.4 Å². The van der Waals surface area contributed by atoms with Crippen LogP contribution >= 0.6 is 0 Å². The largest absolute Gasteiger partial charge is 0.871 e. The number of ketones is 1. The second-order valence-corrected chi connectivity index (χ2v) is 8.66. The van der Waals surface area contributed by atoms with Crippen molar-refractivity contribution >= 4 is 23.1 Å². The summed E-state index contributed by atoms with van der Waals surface area (Å²) < 4.78 is 7.50. The Bertz CT molecular complexity index is 1230. The molecular weight excluding hydrogens is 408 g/mol. The number of pyridine rings is 1. The van der Waals surface area contributed by atoms with Gasteiger partial charge < -0.3 is 23.7 Å². The van der Waals surface area contributed by atoms with Crippen molar-refractivity contribution in [3.63, 3.8) is 0 Å². The number of aryl methyl sites for hydroxylation is 3. The highest BCUT2D eigenvalue weighted by Crippen LogP contribution is 2.39. The first-order valence-electron chi connectivity index (χ1n) is 10.8. The third-order valence-electron chi connectivity index (χ3n) is 5.87. The summed E-state index contributed by atoms with van der Waals surface area (Å²) in [6.07, 6.45) is 2.45. The number of Topliss-reactive ketones (excluding diaryl/α,β-unsaturated/α-hetero) is 1. The van der Waals surface area contributed by atoms with E-state index < -0.39 is 23.5 Å². The summed E-state index contributed by atoms with van der Waals surface area (Å²) in [5.41, 5.74) is 2.31. The van der Waals surface area contributed by atoms with E-state index in [1.165, 1.54) is 9.80 Å². The molecule has 0 radical (unpaired) electrons. The SMILES string of the molecule is Cc1ccc(C2/C(=C(\[O-])c3c(C)nc4c(C)cccn34)C(=O)C(=O)N2CCC[NH+](C)C)o1. The van der Waals surface area contributed by atoms with Crippen LogP contribution in [-0.4, -0.2) is 53.2 Å². The van der Waals surface area contributed by atoms with E-state index in [4.69, 9.17) is 4.42 Å². The molecule has 3 aromatic heterocycles. The quantitative estimate of drug-likeness (QED) is 0.347. The number of imidazole rings is 1. The minimum absolute atomic E-state index is 0.0760. The summed E-state index contributed by atoms with van der Waals surface area (Å²) in [6.45, 7) is 6.64. The Hall–Kier alpha value is -3.39. The van der Waals surface area contributed by atoms with Crippen molar-refractivity contribution in [1.82, 2.24) is 14.3 Å². The molecule has 3 aromatic rings. The monoisotopic (exact) mass is 436 g/mol. The molecule has 1 fully saturated rings. The first kappa shape index (κ1) is 21.8. The van der Waals surface area contributed by atoms with Crippen LogP contribution in [0.5, 0.6) is 0 Å². The number of rotatable bonds is 6. The lowest BCUT2D eigenvalue weighted by Gasteiger charge is -2.25. The van der Waals surface area contributed by atoms with Crippen LogP contribution in [0.2, 0.25) is 0 Å². The Morgan fingerprint density at radius 1 is 1.19 bits per heavy atom. The molecule has 1 unspecified atom stereocenters. The number of quaternary nitrogens is 1. The number of hydrogen-bond acceptors (Lipinski definition) is 5. The van der Waals surface area contributed by atoms with Crippen LogP contribution in [0.15, 0.2) is 40.5 Å². The highest BCUT2D eigenvalue weighted by molar-refractivity contribution is 6.46. The number of fused-ring (bicyclic) bond motifs is 1. The van der Waals surface area contributed by atoms with Gasteiger partial charge in [-0.05, 0) is 44.5 Å². The van der Waals surface area contributed by atoms with E-state index in [0.29, 0.717) is 41.5 Å². The number of likely N-dealkylation sites (tertiary alicyclic amines) is 1. The van der Waals surface area contributed by atoms with Gasteiger partial charge in [0, 0.05) is 24.7 Å². The molecule has 1 saturated heterocycles. The number of carbonyl (C=O) groups is 2. The maximum atomic E-state index is 13.8. The standard InChI is InChI=1S/C24H28N4O4/c1-14-8-6-12-27-19(16(3)25-23(14)27)21(29)18-20(17-10-9-15(2)32-17)28(24(31)22(18)30)13-7-11-26(4)5/h6,8-10,12,20,29H,7,11,13H2,1-5H3/b21-18+. The van der Waals surface area contributed by atoms with Gasteiger partial charge in [0.25, 0.3) is 5.91 Å². The maximum absolute atomic E-state index is 13.8. The van der Waals surface area contributed by atoms with Crippen LogP contribution < -0.4 is 10.0 Å². The van der Waals surface area contributed by atoms with E-state index in [0.717, 1.165) is 12.1 Å². The van der Waals surface area contributed by atoms with E-state index in [-0.39, 0.29) is 5.57 Å². The van der Waals surface area contributed by atoms with Crippen LogP contribution in [0.3, 0.4) is 0 Å². The zero-order valence-corrected chi connectivity index (χ0v) is 19.1. The minimum Gasteiger partial charge on any atom is -0.871 e. The fourth-order valence-electron chi connectivity index (χ4n) is 4.32. The number of amides is 1. The van der Waals surface area contributed by atoms with Crippen molar-refractivity contribution in [1.29, 1.82) is 0 Å². The molecule has 168 valence electrons. The molecule has 1 aliphatic heterocycles. The van der Waals surface area contributed by atoms with Gasteiger partial charge in [-0.25, -0.2) is 4.98 Å². The van der Waals surface area contributed by atoms with Crippen molar-refractivity contribution in [3.05, 3.63) is 64.5 Å². The Labute approximate surface area is 186 Å². The molecule has 0 aromatic carbocycles. The van der Waals surface area contributed by atoms with Gasteiger partial charge in [0.1, 0.15) is 23.2 Å². The van der Waals surface area contributed by atoms with Crippen molar-refractivity contribution in [3.8, 4) is 0 Å². The minimum atomic E-state index is -0.844. The maximum Gasteiger partial charge on any atom is 0.295 e. The predicted octanol–water partition coefficient (Wildman–Crippen LogP) is 0.611. The summed E-state index contributed by atoms with van der Waals surface area (Å²) >= 11 is 0. The van der Waals surface area contributed by atoms with Gasteiger partial charge in [-0.1, -0.05) is 11.8 Å². The second-order valence-electron chi connectivity index (χ2n) is 8.66. The number of nitrogens with zero attached hydrogens (tertiary/aromatic N) is 3. The lowest BCUT2D eigenvalue weighted by molar-refractivity contribution is -0.858. The lowest BCUT2D eigenvalue weighted by atomic mass is 10.0. The van der Waals surface area contributed by atoms with Crippen LogP contribution in [0, 0.1) is 20.8 Å². The first-order chi connectivity index (χ1) is 15.2. The average molecular weight is 437 g/mol. The number of hydrogen-bond donors (Lipinski definition) is 1. The zero-order chi connectivity index (χ0) is 23.2. The molecule has 4 heterocycles. The molecule has 1 aliphatic rings. The molecule has 8 heteroatoms. The molecule has 4 rings (SSSR count). The highest BCUT2D eigenvalue weighted by Gasteiger charge is 2.45. The molecule has 1 atom stereocenters. The summed E-state index contributed by atoms with van der Waals surface area (Å²) in [5, 5.41) is 13.8. The van der Waals surface area contributed by atoms with E-state index in [1.54, 1.807) is 36.6 Å². The van der Waals surface area contributed by atoms with Crippen molar-refractivity contribution in [2.45, 2.75) is 33.2 Å². The average Bonchev–Trinajstić information content (AvgIpc) is 3.37. The number of carbonyl (C=O) groups excluding carboxylic acids is 2. The summed E-state index contributed by atoms with van der Waals surface area (Å²) in [6, 6.07) is 6.40. The second kappa shape index (κ2) is 8.27. The van der Waals surface area contributed by atoms with Gasteiger partial charge in [-0.15, -0.1) is 0 Å². The summed E-state index contributed by atoms with van der Waals surface area (Å²) in [5.74, 6) is -0.849. The Morgan fingerprint density at radius 3 is 2.59 bits per heavy atom. The lowest BCUT2D eigenvalue weighted by Crippen LogP contribution is -3.05. The van der Waals surface area contributed by atoms with Crippen molar-refractivity contribution < 1.29 is 24.0 Å². The van der Waals surface area contributed by atoms with E-state index >= 15 is 0 Å². The fraction of sp³-hybridized carbons (Fsp3) is 0.375. The van der Waals surface area contributed by atoms with Crippen molar-refractivity contribution in [2.75, 3.05) is 27.2 Å². The van der Waals surface area contributed by atoms with Gasteiger partial charge >= 0.3 is 0 Å². The van der Waals surface area contributed by atoms with E-state index in [1.807, 2.05) is 33.2 Å². The van der Waals surface area contributed by atoms with Gasteiger partial charge in [0.05, 0.1) is 32.0 Å². The predicted molar refractivity (Wildman–Crippen MR) is 117 cm³/mol.